The van der Waals surface area contributed by atoms with Crippen LogP contribution < -0.4 is 0 Å². The van der Waals surface area contributed by atoms with Gasteiger partial charge in [0.2, 0.25) is 0 Å². The van der Waals surface area contributed by atoms with Gasteiger partial charge in [-0.2, -0.15) is 0 Å². The van der Waals surface area contributed by atoms with Gasteiger partial charge in [-0.25, -0.2) is 0 Å². The molecule has 0 aliphatic heterocycles. The Morgan fingerprint density at radius 3 is 2.26 bits per heavy atom. The maximum Gasteiger partial charge on any atom is 0.306 e. The van der Waals surface area contributed by atoms with Crippen LogP contribution in [0.4, 0.5) is 0 Å². The molecule has 0 aliphatic rings. The minimum absolute atomic E-state index is 0.117. The lowest BCUT2D eigenvalue weighted by Gasteiger charge is -2.03. The lowest BCUT2D eigenvalue weighted by atomic mass is 10.0. The zero-order valence-corrected chi connectivity index (χ0v) is 13.7. The van der Waals surface area contributed by atoms with Crippen molar-refractivity contribution in [1.29, 1.82) is 0 Å². The zero-order valence-electron chi connectivity index (χ0n) is 13.7. The summed E-state index contributed by atoms with van der Waals surface area (Å²) in [6.45, 7) is 2.29. The van der Waals surface area contributed by atoms with Gasteiger partial charge in [-0.05, 0) is 42.9 Å². The Bertz CT molecular complexity index is 612. The fraction of sp³-hybridized carbons (Fsp3) is 0.286. The van der Waals surface area contributed by atoms with Crippen LogP contribution in [0, 0.1) is 0 Å². The number of esters is 1. The van der Waals surface area contributed by atoms with Crippen LogP contribution in [0.1, 0.15) is 31.7 Å². The molecule has 0 spiro atoms. The van der Waals surface area contributed by atoms with E-state index in [0.29, 0.717) is 13.0 Å². The molecule has 0 unspecified atom stereocenters. The van der Waals surface area contributed by atoms with Gasteiger partial charge in [-0.1, -0.05) is 66.7 Å². The van der Waals surface area contributed by atoms with E-state index < -0.39 is 0 Å². The molecule has 2 aromatic rings. The van der Waals surface area contributed by atoms with Gasteiger partial charge in [0.05, 0.1) is 6.61 Å². The second-order valence-electron chi connectivity index (χ2n) is 5.42. The van der Waals surface area contributed by atoms with Crippen molar-refractivity contribution in [3.63, 3.8) is 0 Å². The molecule has 0 amide bonds. The van der Waals surface area contributed by atoms with Crippen LogP contribution >= 0.6 is 0 Å². The molecule has 0 N–H and O–H groups in total. The topological polar surface area (TPSA) is 26.3 Å². The van der Waals surface area contributed by atoms with Gasteiger partial charge in [-0.15, -0.1) is 0 Å². The quantitative estimate of drug-likeness (QED) is 0.496. The highest BCUT2D eigenvalue weighted by Gasteiger charge is 1.98. The molecule has 23 heavy (non-hydrogen) atoms. The van der Waals surface area contributed by atoms with Crippen LogP contribution in [0.2, 0.25) is 0 Å². The summed E-state index contributed by atoms with van der Waals surface area (Å²) in [5, 5.41) is 0. The van der Waals surface area contributed by atoms with Crippen molar-refractivity contribution in [2.45, 2.75) is 32.6 Å². The molecule has 2 aromatic carbocycles. The van der Waals surface area contributed by atoms with Crippen molar-refractivity contribution in [2.24, 2.45) is 0 Å². The molecule has 2 rings (SSSR count). The Morgan fingerprint density at radius 2 is 1.57 bits per heavy atom. The highest BCUT2D eigenvalue weighted by Crippen LogP contribution is 2.19. The number of ether oxygens (including phenoxy) is 1. The Labute approximate surface area is 138 Å². The van der Waals surface area contributed by atoms with E-state index in [4.69, 9.17) is 4.74 Å². The Morgan fingerprint density at radius 1 is 0.913 bits per heavy atom. The van der Waals surface area contributed by atoms with Crippen molar-refractivity contribution >= 4 is 5.97 Å². The first-order chi connectivity index (χ1) is 11.3. The molecular formula is C21H24O2. The summed E-state index contributed by atoms with van der Waals surface area (Å²) in [4.78, 5) is 11.2. The number of carbonyl (C=O) groups is 1. The van der Waals surface area contributed by atoms with E-state index in [-0.39, 0.29) is 5.97 Å². The second kappa shape index (κ2) is 9.62. The van der Waals surface area contributed by atoms with Crippen LogP contribution in [0.5, 0.6) is 0 Å². The van der Waals surface area contributed by atoms with E-state index in [9.17, 15) is 4.79 Å². The van der Waals surface area contributed by atoms with Crippen molar-refractivity contribution < 1.29 is 9.53 Å². The molecule has 0 saturated heterocycles. The van der Waals surface area contributed by atoms with E-state index >= 15 is 0 Å². The summed E-state index contributed by atoms with van der Waals surface area (Å²) in [7, 11) is 0. The van der Waals surface area contributed by atoms with Gasteiger partial charge in [0.1, 0.15) is 0 Å². The third-order valence-electron chi connectivity index (χ3n) is 3.65. The van der Waals surface area contributed by atoms with Gasteiger partial charge in [0.15, 0.2) is 0 Å². The Kier molecular flexibility index (Phi) is 7.12. The summed E-state index contributed by atoms with van der Waals surface area (Å²) >= 11 is 0. The predicted molar refractivity (Wildman–Crippen MR) is 95.2 cm³/mol. The van der Waals surface area contributed by atoms with E-state index in [0.717, 1.165) is 19.3 Å². The maximum absolute atomic E-state index is 11.2. The molecule has 0 radical (unpaired) electrons. The summed E-state index contributed by atoms with van der Waals surface area (Å²) < 4.78 is 4.89. The smallest absolute Gasteiger partial charge is 0.306 e. The SMILES string of the molecule is CCOC(=O)CC/C=C/CCc1ccc(-c2ccccc2)cc1. The molecule has 0 aromatic heterocycles. The average Bonchev–Trinajstić information content (AvgIpc) is 2.59. The molecule has 0 bridgehead atoms. The summed E-state index contributed by atoms with van der Waals surface area (Å²) in [5.41, 5.74) is 3.83. The monoisotopic (exact) mass is 308 g/mol. The van der Waals surface area contributed by atoms with Gasteiger partial charge in [0, 0.05) is 6.42 Å². The van der Waals surface area contributed by atoms with Crippen molar-refractivity contribution in [3.05, 3.63) is 72.3 Å². The first kappa shape index (κ1) is 17.0. The minimum atomic E-state index is -0.117. The highest BCUT2D eigenvalue weighted by atomic mass is 16.5. The lowest BCUT2D eigenvalue weighted by molar-refractivity contribution is -0.142. The van der Waals surface area contributed by atoms with Gasteiger partial charge in [-0.3, -0.25) is 4.79 Å². The van der Waals surface area contributed by atoms with E-state index in [1.54, 1.807) is 0 Å². The Balaban J connectivity index is 1.73. The number of aryl methyl sites for hydroxylation is 1. The molecule has 0 heterocycles. The predicted octanol–water partition coefficient (Wildman–Crippen LogP) is 5.19. The van der Waals surface area contributed by atoms with Crippen molar-refractivity contribution in [1.82, 2.24) is 0 Å². The van der Waals surface area contributed by atoms with Gasteiger partial charge >= 0.3 is 5.97 Å². The van der Waals surface area contributed by atoms with Gasteiger partial charge < -0.3 is 4.74 Å². The molecular weight excluding hydrogens is 284 g/mol. The standard InChI is InChI=1S/C21H24O2/c1-2-23-21(22)13-9-4-3-6-10-18-14-16-20(17-15-18)19-11-7-5-8-12-19/h3-5,7-8,11-12,14-17H,2,6,9-10,13H2,1H3/b4-3+. The van der Waals surface area contributed by atoms with Crippen LogP contribution in [0.3, 0.4) is 0 Å². The van der Waals surface area contributed by atoms with Crippen molar-refractivity contribution in [3.8, 4) is 11.1 Å². The first-order valence-corrected chi connectivity index (χ1v) is 8.24. The minimum Gasteiger partial charge on any atom is -0.466 e. The molecule has 0 aliphatic carbocycles. The lowest BCUT2D eigenvalue weighted by Crippen LogP contribution is -2.02. The van der Waals surface area contributed by atoms with Gasteiger partial charge in [0.25, 0.3) is 0 Å². The zero-order chi connectivity index (χ0) is 16.3. The van der Waals surface area contributed by atoms with Crippen LogP contribution in [-0.4, -0.2) is 12.6 Å². The number of rotatable bonds is 8. The van der Waals surface area contributed by atoms with Crippen LogP contribution in [-0.2, 0) is 16.0 Å². The molecule has 2 heteroatoms. The third-order valence-corrected chi connectivity index (χ3v) is 3.65. The third kappa shape index (κ3) is 6.11. The second-order valence-corrected chi connectivity index (χ2v) is 5.42. The van der Waals surface area contributed by atoms with E-state index in [1.807, 2.05) is 13.0 Å². The Hall–Kier alpha value is -2.35. The van der Waals surface area contributed by atoms with Crippen molar-refractivity contribution in [2.75, 3.05) is 6.61 Å². The van der Waals surface area contributed by atoms with E-state index in [2.05, 4.69) is 60.7 Å². The molecule has 120 valence electrons. The number of carbonyl (C=O) groups excluding carboxylic acids is 1. The highest BCUT2D eigenvalue weighted by molar-refractivity contribution is 5.69. The molecule has 2 nitrogen and oxygen atoms in total. The summed E-state index contributed by atoms with van der Waals surface area (Å²) in [6, 6.07) is 19.1. The van der Waals surface area contributed by atoms with E-state index in [1.165, 1.54) is 16.7 Å². The fourth-order valence-corrected chi connectivity index (χ4v) is 2.41. The summed E-state index contributed by atoms with van der Waals surface area (Å²) in [6.07, 6.45) is 7.44. The average molecular weight is 308 g/mol. The van der Waals surface area contributed by atoms with Crippen LogP contribution in [0.25, 0.3) is 11.1 Å². The number of hydrogen-bond acceptors (Lipinski definition) is 2. The normalized spacial score (nSPS) is 10.8. The molecule has 0 saturated carbocycles. The maximum atomic E-state index is 11.2. The number of benzene rings is 2. The first-order valence-electron chi connectivity index (χ1n) is 8.24. The number of allylic oxidation sites excluding steroid dienone is 2. The fourth-order valence-electron chi connectivity index (χ4n) is 2.41. The van der Waals surface area contributed by atoms with Crippen LogP contribution in [0.15, 0.2) is 66.7 Å². The molecule has 0 fully saturated rings. The molecule has 0 atom stereocenters. The largest absolute Gasteiger partial charge is 0.466 e. The summed E-state index contributed by atoms with van der Waals surface area (Å²) in [5.74, 6) is -0.117. The number of hydrogen-bond donors (Lipinski definition) is 0.